The summed E-state index contributed by atoms with van der Waals surface area (Å²) in [6.45, 7) is 0. The van der Waals surface area contributed by atoms with E-state index in [0.29, 0.717) is 11.5 Å². The molecular formula is C14H14N4O2. The van der Waals surface area contributed by atoms with Crippen molar-refractivity contribution in [3.05, 3.63) is 36.7 Å². The number of anilines is 1. The minimum absolute atomic E-state index is 0.260. The second kappa shape index (κ2) is 4.73. The van der Waals surface area contributed by atoms with E-state index in [1.54, 1.807) is 13.3 Å². The summed E-state index contributed by atoms with van der Waals surface area (Å²) in [7, 11) is 3.51. The number of hydrogen-bond donors (Lipinski definition) is 1. The van der Waals surface area contributed by atoms with Gasteiger partial charge in [0.05, 0.1) is 12.7 Å². The van der Waals surface area contributed by atoms with Gasteiger partial charge in [0.15, 0.2) is 11.5 Å². The number of rotatable bonds is 3. The van der Waals surface area contributed by atoms with Gasteiger partial charge in [0, 0.05) is 19.4 Å². The Morgan fingerprint density at radius 2 is 2.20 bits per heavy atom. The Balaban J connectivity index is 2.19. The molecule has 3 aromatic rings. The van der Waals surface area contributed by atoms with Crippen LogP contribution in [-0.2, 0) is 7.05 Å². The first-order chi connectivity index (χ1) is 9.70. The largest absolute Gasteiger partial charge is 0.497 e. The highest BCUT2D eigenvalue weighted by Crippen LogP contribution is 2.36. The summed E-state index contributed by atoms with van der Waals surface area (Å²) < 4.78 is 12.2. The lowest BCUT2D eigenvalue weighted by atomic mass is 10.0. The Kier molecular flexibility index (Phi) is 2.90. The fourth-order valence-corrected chi connectivity index (χ4v) is 2.11. The normalized spacial score (nSPS) is 10.7. The van der Waals surface area contributed by atoms with Crippen LogP contribution < -0.4 is 10.5 Å². The van der Waals surface area contributed by atoms with Gasteiger partial charge in [-0.15, -0.1) is 0 Å². The Morgan fingerprint density at radius 1 is 1.35 bits per heavy atom. The van der Waals surface area contributed by atoms with E-state index in [1.807, 2.05) is 42.1 Å². The molecule has 0 amide bonds. The third-order valence-electron chi connectivity index (χ3n) is 3.11. The molecule has 2 N–H and O–H groups in total. The van der Waals surface area contributed by atoms with Crippen LogP contribution in [0.2, 0.25) is 0 Å². The molecule has 0 aliphatic heterocycles. The van der Waals surface area contributed by atoms with Crippen molar-refractivity contribution in [3.8, 4) is 28.4 Å². The van der Waals surface area contributed by atoms with Crippen LogP contribution >= 0.6 is 0 Å². The second-order valence-corrected chi connectivity index (χ2v) is 4.36. The van der Waals surface area contributed by atoms with Crippen molar-refractivity contribution in [2.75, 3.05) is 12.8 Å². The predicted octanol–water partition coefficient (Wildman–Crippen LogP) is 2.33. The standard InChI is InChI=1S/C14H14N4O2/c1-18-7-6-16-14(18)12-11(13(15)20-17-12)9-4-3-5-10(8-9)19-2/h3-8H,15H2,1-2H3. The molecule has 0 saturated carbocycles. The fourth-order valence-electron chi connectivity index (χ4n) is 2.11. The number of nitrogen functional groups attached to an aromatic ring is 1. The SMILES string of the molecule is COc1cccc(-c2c(-c3nccn3C)noc2N)c1. The van der Waals surface area contributed by atoms with Crippen LogP contribution in [0.3, 0.4) is 0 Å². The van der Waals surface area contributed by atoms with E-state index in [-0.39, 0.29) is 5.88 Å². The first-order valence-corrected chi connectivity index (χ1v) is 6.08. The van der Waals surface area contributed by atoms with E-state index in [4.69, 9.17) is 15.0 Å². The van der Waals surface area contributed by atoms with Crippen LogP contribution in [0.15, 0.2) is 41.2 Å². The summed E-state index contributed by atoms with van der Waals surface area (Å²) in [6, 6.07) is 7.57. The van der Waals surface area contributed by atoms with Gasteiger partial charge in [-0.3, -0.25) is 0 Å². The maximum atomic E-state index is 5.91. The van der Waals surface area contributed by atoms with Crippen molar-refractivity contribution in [3.63, 3.8) is 0 Å². The zero-order valence-corrected chi connectivity index (χ0v) is 11.2. The summed E-state index contributed by atoms with van der Waals surface area (Å²) in [5.74, 6) is 1.70. The van der Waals surface area contributed by atoms with E-state index in [9.17, 15) is 0 Å². The number of aromatic nitrogens is 3. The van der Waals surface area contributed by atoms with Gasteiger partial charge >= 0.3 is 0 Å². The molecule has 2 heterocycles. The lowest BCUT2D eigenvalue weighted by Crippen LogP contribution is -1.94. The second-order valence-electron chi connectivity index (χ2n) is 4.36. The lowest BCUT2D eigenvalue weighted by molar-refractivity contribution is 0.415. The van der Waals surface area contributed by atoms with E-state index in [0.717, 1.165) is 16.9 Å². The van der Waals surface area contributed by atoms with E-state index in [2.05, 4.69) is 10.1 Å². The molecule has 0 bridgehead atoms. The molecule has 2 aromatic heterocycles. The number of aryl methyl sites for hydroxylation is 1. The van der Waals surface area contributed by atoms with Gasteiger partial charge in [-0.1, -0.05) is 17.3 Å². The Labute approximate surface area is 115 Å². The summed E-state index contributed by atoms with van der Waals surface area (Å²) in [4.78, 5) is 4.28. The van der Waals surface area contributed by atoms with Crippen molar-refractivity contribution in [2.45, 2.75) is 0 Å². The summed E-state index contributed by atoms with van der Waals surface area (Å²) in [5.41, 5.74) is 8.12. The maximum Gasteiger partial charge on any atom is 0.230 e. The smallest absolute Gasteiger partial charge is 0.230 e. The van der Waals surface area contributed by atoms with Crippen LogP contribution in [0.1, 0.15) is 0 Å². The van der Waals surface area contributed by atoms with Gasteiger partial charge in [0.2, 0.25) is 5.88 Å². The maximum absolute atomic E-state index is 5.91. The van der Waals surface area contributed by atoms with Gasteiger partial charge in [-0.2, -0.15) is 0 Å². The van der Waals surface area contributed by atoms with Gasteiger partial charge in [-0.05, 0) is 17.7 Å². The highest BCUT2D eigenvalue weighted by Gasteiger charge is 2.20. The molecule has 0 spiro atoms. The lowest BCUT2D eigenvalue weighted by Gasteiger charge is -2.05. The van der Waals surface area contributed by atoms with Crippen LogP contribution in [0.25, 0.3) is 22.6 Å². The Bertz CT molecular complexity index is 745. The number of nitrogens with two attached hydrogens (primary N) is 1. The van der Waals surface area contributed by atoms with Crippen LogP contribution in [0, 0.1) is 0 Å². The van der Waals surface area contributed by atoms with Crippen molar-refractivity contribution in [1.82, 2.24) is 14.7 Å². The average Bonchev–Trinajstić information content (AvgIpc) is 3.04. The quantitative estimate of drug-likeness (QED) is 0.790. The average molecular weight is 270 g/mol. The zero-order valence-electron chi connectivity index (χ0n) is 11.2. The first kappa shape index (κ1) is 12.3. The third-order valence-corrected chi connectivity index (χ3v) is 3.11. The number of nitrogens with zero attached hydrogens (tertiary/aromatic N) is 3. The molecule has 6 heteroatoms. The molecule has 0 atom stereocenters. The van der Waals surface area contributed by atoms with Gasteiger partial charge in [0.1, 0.15) is 5.75 Å². The molecule has 0 unspecified atom stereocenters. The molecule has 3 rings (SSSR count). The van der Waals surface area contributed by atoms with Crippen LogP contribution in [0.5, 0.6) is 5.75 Å². The number of methoxy groups -OCH3 is 1. The third kappa shape index (κ3) is 1.91. The van der Waals surface area contributed by atoms with Gasteiger partial charge < -0.3 is 19.6 Å². The summed E-state index contributed by atoms with van der Waals surface area (Å²) in [6.07, 6.45) is 3.55. The van der Waals surface area contributed by atoms with Crippen molar-refractivity contribution in [2.24, 2.45) is 7.05 Å². The van der Waals surface area contributed by atoms with Crippen LogP contribution in [0.4, 0.5) is 5.88 Å². The Hall–Kier alpha value is -2.76. The highest BCUT2D eigenvalue weighted by molar-refractivity contribution is 5.85. The molecule has 0 radical (unpaired) electrons. The summed E-state index contributed by atoms with van der Waals surface area (Å²) in [5, 5.41) is 4.03. The molecule has 20 heavy (non-hydrogen) atoms. The van der Waals surface area contributed by atoms with Crippen LogP contribution in [-0.4, -0.2) is 21.8 Å². The molecule has 0 aliphatic rings. The molecule has 6 nitrogen and oxygen atoms in total. The first-order valence-electron chi connectivity index (χ1n) is 6.08. The monoisotopic (exact) mass is 270 g/mol. The summed E-state index contributed by atoms with van der Waals surface area (Å²) >= 11 is 0. The van der Waals surface area contributed by atoms with Gasteiger partial charge in [-0.25, -0.2) is 4.98 Å². The Morgan fingerprint density at radius 3 is 2.90 bits per heavy atom. The minimum Gasteiger partial charge on any atom is -0.497 e. The zero-order chi connectivity index (χ0) is 14.1. The highest BCUT2D eigenvalue weighted by atomic mass is 16.5. The molecule has 0 saturated heterocycles. The molecule has 1 aromatic carbocycles. The molecular weight excluding hydrogens is 256 g/mol. The van der Waals surface area contributed by atoms with Crippen molar-refractivity contribution in [1.29, 1.82) is 0 Å². The number of benzene rings is 1. The van der Waals surface area contributed by atoms with E-state index in [1.165, 1.54) is 0 Å². The number of ether oxygens (including phenoxy) is 1. The van der Waals surface area contributed by atoms with E-state index >= 15 is 0 Å². The minimum atomic E-state index is 0.260. The molecule has 102 valence electrons. The predicted molar refractivity (Wildman–Crippen MR) is 75.1 cm³/mol. The molecule has 0 fully saturated rings. The number of imidazole rings is 1. The van der Waals surface area contributed by atoms with Crippen molar-refractivity contribution < 1.29 is 9.26 Å². The number of hydrogen-bond acceptors (Lipinski definition) is 5. The van der Waals surface area contributed by atoms with E-state index < -0.39 is 0 Å². The topological polar surface area (TPSA) is 79.1 Å². The fraction of sp³-hybridized carbons (Fsp3) is 0.143. The molecule has 0 aliphatic carbocycles. The van der Waals surface area contributed by atoms with Crippen molar-refractivity contribution >= 4 is 5.88 Å². The van der Waals surface area contributed by atoms with Gasteiger partial charge in [0.25, 0.3) is 0 Å².